The molecule has 7 heteroatoms. The van der Waals surface area contributed by atoms with Crippen molar-refractivity contribution < 1.29 is 0 Å². The molecule has 3 aromatic heterocycles. The van der Waals surface area contributed by atoms with Crippen molar-refractivity contribution >= 4 is 21.6 Å². The molecule has 0 fully saturated rings. The highest BCUT2D eigenvalue weighted by Gasteiger charge is 2.12. The number of halogens is 1. The molecule has 6 nitrogen and oxygen atoms in total. The summed E-state index contributed by atoms with van der Waals surface area (Å²) < 4.78 is 4.58. The Morgan fingerprint density at radius 3 is 2.39 bits per heavy atom. The van der Waals surface area contributed by atoms with Gasteiger partial charge >= 0.3 is 0 Å². The maximum atomic E-state index is 4.66. The van der Waals surface area contributed by atoms with Crippen molar-refractivity contribution in [3.05, 3.63) is 58.3 Å². The van der Waals surface area contributed by atoms with Crippen LogP contribution in [-0.2, 0) is 0 Å². The smallest absolute Gasteiger partial charge is 0.185 e. The molecule has 23 heavy (non-hydrogen) atoms. The second-order valence-corrected chi connectivity index (χ2v) is 6.25. The van der Waals surface area contributed by atoms with E-state index in [0.29, 0.717) is 11.5 Å². The third kappa shape index (κ3) is 2.43. The van der Waals surface area contributed by atoms with Crippen molar-refractivity contribution in [3.8, 4) is 17.2 Å². The summed E-state index contributed by atoms with van der Waals surface area (Å²) in [6.07, 6.45) is 0. The zero-order valence-electron chi connectivity index (χ0n) is 12.6. The Bertz CT molecular complexity index is 999. The average Bonchev–Trinajstić information content (AvgIpc) is 3.10. The Hall–Kier alpha value is -2.54. The zero-order valence-corrected chi connectivity index (χ0v) is 14.2. The summed E-state index contributed by atoms with van der Waals surface area (Å²) in [6.45, 7) is 3.97. The van der Waals surface area contributed by atoms with Gasteiger partial charge < -0.3 is 0 Å². The largest absolute Gasteiger partial charge is 0.218 e. The van der Waals surface area contributed by atoms with Gasteiger partial charge in [0.15, 0.2) is 17.3 Å². The van der Waals surface area contributed by atoms with Gasteiger partial charge in [-0.3, -0.25) is 0 Å². The van der Waals surface area contributed by atoms with E-state index in [1.54, 1.807) is 4.52 Å². The van der Waals surface area contributed by atoms with Crippen molar-refractivity contribution in [2.45, 2.75) is 13.8 Å². The highest BCUT2D eigenvalue weighted by Crippen LogP contribution is 2.21. The van der Waals surface area contributed by atoms with Gasteiger partial charge in [-0.1, -0.05) is 28.1 Å². The molecule has 3 heterocycles. The van der Waals surface area contributed by atoms with Crippen LogP contribution in [0.2, 0.25) is 0 Å². The van der Waals surface area contributed by atoms with Gasteiger partial charge in [0.25, 0.3) is 0 Å². The predicted molar refractivity (Wildman–Crippen MR) is 90.5 cm³/mol. The Balaban J connectivity index is 1.89. The minimum absolute atomic E-state index is 0.702. The van der Waals surface area contributed by atoms with Gasteiger partial charge in [-0.05, 0) is 44.2 Å². The number of benzene rings is 1. The summed E-state index contributed by atoms with van der Waals surface area (Å²) >= 11 is 3.44. The number of hydrogen-bond donors (Lipinski definition) is 0. The minimum Gasteiger partial charge on any atom is -0.218 e. The van der Waals surface area contributed by atoms with Crippen LogP contribution in [0.3, 0.4) is 0 Å². The van der Waals surface area contributed by atoms with Crippen LogP contribution in [0.25, 0.3) is 22.9 Å². The maximum Gasteiger partial charge on any atom is 0.185 e. The fourth-order valence-electron chi connectivity index (χ4n) is 2.53. The van der Waals surface area contributed by atoms with E-state index in [9.17, 15) is 0 Å². The molecule has 0 spiro atoms. The summed E-state index contributed by atoms with van der Waals surface area (Å²) in [7, 11) is 0. The maximum absolute atomic E-state index is 4.66. The molecule has 0 radical (unpaired) electrons. The molecule has 0 saturated carbocycles. The van der Waals surface area contributed by atoms with Crippen molar-refractivity contribution in [3.63, 3.8) is 0 Å². The molecule has 0 aliphatic rings. The first-order valence-electron chi connectivity index (χ1n) is 7.14. The van der Waals surface area contributed by atoms with Crippen LogP contribution in [0.4, 0.5) is 0 Å². The van der Waals surface area contributed by atoms with E-state index in [1.165, 1.54) is 0 Å². The Labute approximate surface area is 140 Å². The minimum atomic E-state index is 0.702. The Morgan fingerprint density at radius 1 is 0.913 bits per heavy atom. The van der Waals surface area contributed by atoms with Crippen LogP contribution < -0.4 is 0 Å². The lowest BCUT2D eigenvalue weighted by Gasteiger charge is -2.05. The fraction of sp³-hybridized carbons (Fsp3) is 0.125. The van der Waals surface area contributed by atoms with Gasteiger partial charge in [-0.2, -0.15) is 9.61 Å². The average molecular weight is 369 g/mol. The second kappa shape index (κ2) is 5.27. The van der Waals surface area contributed by atoms with E-state index in [-0.39, 0.29) is 0 Å². The monoisotopic (exact) mass is 368 g/mol. The van der Waals surface area contributed by atoms with Gasteiger partial charge in [-0.25, -0.2) is 4.68 Å². The topological polar surface area (TPSA) is 60.9 Å². The zero-order chi connectivity index (χ0) is 16.0. The lowest BCUT2D eigenvalue weighted by atomic mass is 10.2. The summed E-state index contributed by atoms with van der Waals surface area (Å²) in [5.74, 6) is 1.44. The molecule has 0 saturated heterocycles. The lowest BCUT2D eigenvalue weighted by molar-refractivity contribution is 0.767. The third-order valence-corrected chi connectivity index (χ3v) is 4.11. The quantitative estimate of drug-likeness (QED) is 0.544. The number of aromatic nitrogens is 6. The van der Waals surface area contributed by atoms with Gasteiger partial charge in [0.1, 0.15) is 0 Å². The van der Waals surface area contributed by atoms with Crippen LogP contribution in [-0.4, -0.2) is 29.6 Å². The number of rotatable bonds is 2. The van der Waals surface area contributed by atoms with Gasteiger partial charge in [0, 0.05) is 15.7 Å². The van der Waals surface area contributed by atoms with Crippen molar-refractivity contribution in [1.29, 1.82) is 0 Å². The molecule has 0 unspecified atom stereocenters. The van der Waals surface area contributed by atoms with Gasteiger partial charge in [0.2, 0.25) is 0 Å². The van der Waals surface area contributed by atoms with E-state index in [0.717, 1.165) is 27.2 Å². The van der Waals surface area contributed by atoms with Crippen LogP contribution in [0.5, 0.6) is 0 Å². The molecule has 0 amide bonds. The SMILES string of the molecule is Cc1cc(C)n(-c2ccc3nnc(-c4ccc(Br)cc4)n3n2)n1. The lowest BCUT2D eigenvalue weighted by Crippen LogP contribution is -2.06. The highest BCUT2D eigenvalue weighted by atomic mass is 79.9. The Morgan fingerprint density at radius 2 is 1.70 bits per heavy atom. The number of nitrogens with zero attached hydrogens (tertiary/aromatic N) is 6. The van der Waals surface area contributed by atoms with E-state index < -0.39 is 0 Å². The summed E-state index contributed by atoms with van der Waals surface area (Å²) in [4.78, 5) is 0. The Kier molecular flexibility index (Phi) is 3.23. The van der Waals surface area contributed by atoms with E-state index in [1.807, 2.05) is 61.0 Å². The van der Waals surface area contributed by atoms with E-state index in [4.69, 9.17) is 0 Å². The number of hydrogen-bond acceptors (Lipinski definition) is 4. The highest BCUT2D eigenvalue weighted by molar-refractivity contribution is 9.10. The summed E-state index contributed by atoms with van der Waals surface area (Å²) in [6, 6.07) is 13.7. The molecule has 114 valence electrons. The van der Waals surface area contributed by atoms with E-state index >= 15 is 0 Å². The van der Waals surface area contributed by atoms with Crippen molar-refractivity contribution in [1.82, 2.24) is 29.6 Å². The molecule has 0 bridgehead atoms. The van der Waals surface area contributed by atoms with Crippen molar-refractivity contribution in [2.75, 3.05) is 0 Å². The molecular formula is C16H13BrN6. The van der Waals surface area contributed by atoms with Crippen LogP contribution in [0.1, 0.15) is 11.4 Å². The van der Waals surface area contributed by atoms with Crippen LogP contribution >= 0.6 is 15.9 Å². The third-order valence-electron chi connectivity index (χ3n) is 3.58. The van der Waals surface area contributed by atoms with Gasteiger partial charge in [0.05, 0.1) is 5.69 Å². The molecular weight excluding hydrogens is 356 g/mol. The first kappa shape index (κ1) is 14.1. The normalized spacial score (nSPS) is 11.3. The predicted octanol–water partition coefficient (Wildman–Crippen LogP) is 3.36. The molecule has 0 aliphatic heterocycles. The fourth-order valence-corrected chi connectivity index (χ4v) is 2.80. The molecule has 4 aromatic rings. The number of aryl methyl sites for hydroxylation is 2. The first-order valence-corrected chi connectivity index (χ1v) is 7.93. The molecule has 0 aliphatic carbocycles. The molecule has 1 aromatic carbocycles. The molecule has 4 rings (SSSR count). The van der Waals surface area contributed by atoms with Crippen molar-refractivity contribution in [2.24, 2.45) is 0 Å². The first-order chi connectivity index (χ1) is 11.1. The number of fused-ring (bicyclic) bond motifs is 1. The van der Waals surface area contributed by atoms with Gasteiger partial charge in [-0.15, -0.1) is 15.3 Å². The second-order valence-electron chi connectivity index (χ2n) is 5.33. The standard InChI is InChI=1S/C16H13BrN6/c1-10-9-11(2)22(20-10)15-8-7-14-18-19-16(23(14)21-15)12-3-5-13(17)6-4-12/h3-9H,1-2H3. The van der Waals surface area contributed by atoms with Crippen LogP contribution in [0, 0.1) is 13.8 Å². The molecule has 0 atom stereocenters. The van der Waals surface area contributed by atoms with E-state index in [2.05, 4.69) is 36.3 Å². The summed E-state index contributed by atoms with van der Waals surface area (Å²) in [5, 5.41) is 17.6. The molecule has 0 N–H and O–H groups in total. The van der Waals surface area contributed by atoms with Crippen LogP contribution in [0.15, 0.2) is 46.9 Å². The summed E-state index contributed by atoms with van der Waals surface area (Å²) in [5.41, 5.74) is 3.65.